The van der Waals surface area contributed by atoms with Gasteiger partial charge in [0.2, 0.25) is 0 Å². The van der Waals surface area contributed by atoms with E-state index in [1.807, 2.05) is 6.92 Å². The molecule has 0 aliphatic heterocycles. The van der Waals surface area contributed by atoms with E-state index < -0.39 is 12.0 Å². The SMILES string of the molecule is CCn1cc(OCC(N)C(=O)O)cn1. The second-order valence-electron chi connectivity index (χ2n) is 2.79. The third kappa shape index (κ3) is 2.74. The molecule has 0 aliphatic rings. The second-order valence-corrected chi connectivity index (χ2v) is 2.79. The van der Waals surface area contributed by atoms with Crippen molar-refractivity contribution in [2.45, 2.75) is 19.5 Å². The molecule has 1 aromatic heterocycles. The average Bonchev–Trinajstić information content (AvgIpc) is 2.61. The zero-order valence-electron chi connectivity index (χ0n) is 7.88. The number of rotatable bonds is 5. The average molecular weight is 199 g/mol. The molecule has 1 heterocycles. The summed E-state index contributed by atoms with van der Waals surface area (Å²) in [5.74, 6) is -0.545. The summed E-state index contributed by atoms with van der Waals surface area (Å²) in [4.78, 5) is 10.4. The Hall–Kier alpha value is -1.56. The van der Waals surface area contributed by atoms with Crippen molar-refractivity contribution in [3.05, 3.63) is 12.4 Å². The minimum atomic E-state index is -1.08. The predicted octanol–water partition coefficient (Wildman–Crippen LogP) is -0.306. The van der Waals surface area contributed by atoms with E-state index in [1.165, 1.54) is 6.20 Å². The predicted molar refractivity (Wildman–Crippen MR) is 49.0 cm³/mol. The first kappa shape index (κ1) is 10.5. The van der Waals surface area contributed by atoms with E-state index in [2.05, 4.69) is 5.10 Å². The number of ether oxygens (including phenoxy) is 1. The van der Waals surface area contributed by atoms with E-state index in [9.17, 15) is 4.79 Å². The Morgan fingerprint density at radius 1 is 1.86 bits per heavy atom. The van der Waals surface area contributed by atoms with Crippen molar-refractivity contribution in [3.63, 3.8) is 0 Å². The number of carbonyl (C=O) groups is 1. The van der Waals surface area contributed by atoms with Gasteiger partial charge in [0.1, 0.15) is 12.6 Å². The minimum Gasteiger partial charge on any atom is -0.488 e. The molecule has 6 nitrogen and oxygen atoms in total. The highest BCUT2D eigenvalue weighted by Gasteiger charge is 2.12. The summed E-state index contributed by atoms with van der Waals surface area (Å²) in [6.07, 6.45) is 3.21. The maximum atomic E-state index is 10.4. The summed E-state index contributed by atoms with van der Waals surface area (Å²) in [6, 6.07) is -1.00. The molecule has 0 aromatic carbocycles. The highest BCUT2D eigenvalue weighted by atomic mass is 16.5. The normalized spacial score (nSPS) is 12.4. The summed E-state index contributed by atoms with van der Waals surface area (Å²) in [5.41, 5.74) is 5.25. The van der Waals surface area contributed by atoms with E-state index in [0.717, 1.165) is 6.54 Å². The molecule has 14 heavy (non-hydrogen) atoms. The summed E-state index contributed by atoms with van der Waals surface area (Å²) in [6.45, 7) is 2.64. The molecule has 0 bridgehead atoms. The summed E-state index contributed by atoms with van der Waals surface area (Å²) in [7, 11) is 0. The summed E-state index contributed by atoms with van der Waals surface area (Å²) < 4.78 is 6.80. The van der Waals surface area contributed by atoms with Crippen LogP contribution in [0.25, 0.3) is 0 Å². The van der Waals surface area contributed by atoms with Crippen LogP contribution in [0, 0.1) is 0 Å². The maximum absolute atomic E-state index is 10.4. The number of aryl methyl sites for hydroxylation is 1. The summed E-state index contributed by atoms with van der Waals surface area (Å²) >= 11 is 0. The molecule has 0 saturated heterocycles. The molecular formula is C8H13N3O3. The fraction of sp³-hybridized carbons (Fsp3) is 0.500. The first-order valence-corrected chi connectivity index (χ1v) is 4.27. The van der Waals surface area contributed by atoms with E-state index in [0.29, 0.717) is 5.75 Å². The van der Waals surface area contributed by atoms with Gasteiger partial charge in [-0.05, 0) is 6.92 Å². The van der Waals surface area contributed by atoms with Gasteiger partial charge in [0, 0.05) is 6.54 Å². The van der Waals surface area contributed by atoms with Gasteiger partial charge in [-0.3, -0.25) is 9.48 Å². The van der Waals surface area contributed by atoms with Crippen molar-refractivity contribution in [1.29, 1.82) is 0 Å². The molecule has 1 atom stereocenters. The molecule has 0 amide bonds. The highest BCUT2D eigenvalue weighted by Crippen LogP contribution is 2.07. The van der Waals surface area contributed by atoms with Crippen molar-refractivity contribution in [3.8, 4) is 5.75 Å². The zero-order valence-corrected chi connectivity index (χ0v) is 7.88. The van der Waals surface area contributed by atoms with E-state index >= 15 is 0 Å². The quantitative estimate of drug-likeness (QED) is 0.679. The standard InChI is InChI=1S/C8H13N3O3/c1-2-11-4-6(3-10-11)14-5-7(9)8(12)13/h3-4,7H,2,5,9H2,1H3,(H,12,13). The molecule has 0 fully saturated rings. The molecule has 78 valence electrons. The Kier molecular flexibility index (Phi) is 3.47. The van der Waals surface area contributed by atoms with Gasteiger partial charge in [-0.15, -0.1) is 0 Å². The number of aromatic nitrogens is 2. The Morgan fingerprint density at radius 3 is 3.07 bits per heavy atom. The Morgan fingerprint density at radius 2 is 2.57 bits per heavy atom. The molecule has 1 rings (SSSR count). The van der Waals surface area contributed by atoms with Crippen LogP contribution in [0.4, 0.5) is 0 Å². The molecule has 0 aliphatic carbocycles. The Labute approximate surface area is 81.3 Å². The first-order chi connectivity index (χ1) is 6.63. The largest absolute Gasteiger partial charge is 0.488 e. The molecule has 0 spiro atoms. The first-order valence-electron chi connectivity index (χ1n) is 4.27. The number of carboxylic acid groups (broad SMARTS) is 1. The van der Waals surface area contributed by atoms with Crippen molar-refractivity contribution in [2.24, 2.45) is 5.73 Å². The topological polar surface area (TPSA) is 90.4 Å². The fourth-order valence-electron chi connectivity index (χ4n) is 0.849. The third-order valence-corrected chi connectivity index (χ3v) is 1.68. The van der Waals surface area contributed by atoms with Gasteiger partial charge in [0.25, 0.3) is 0 Å². The van der Waals surface area contributed by atoms with E-state index in [-0.39, 0.29) is 6.61 Å². The molecule has 0 saturated carbocycles. The lowest BCUT2D eigenvalue weighted by atomic mass is 10.3. The van der Waals surface area contributed by atoms with Crippen LogP contribution in [0.5, 0.6) is 5.75 Å². The van der Waals surface area contributed by atoms with Crippen LogP contribution in [0.2, 0.25) is 0 Å². The lowest BCUT2D eigenvalue weighted by Crippen LogP contribution is -2.36. The highest BCUT2D eigenvalue weighted by molar-refractivity contribution is 5.73. The van der Waals surface area contributed by atoms with Crippen molar-refractivity contribution in [1.82, 2.24) is 9.78 Å². The lowest BCUT2D eigenvalue weighted by molar-refractivity contribution is -0.139. The number of nitrogens with two attached hydrogens (primary N) is 1. The van der Waals surface area contributed by atoms with Gasteiger partial charge in [-0.2, -0.15) is 5.10 Å². The molecule has 1 unspecified atom stereocenters. The number of hydrogen-bond donors (Lipinski definition) is 2. The van der Waals surface area contributed by atoms with E-state index in [1.54, 1.807) is 10.9 Å². The summed E-state index contributed by atoms with van der Waals surface area (Å²) in [5, 5.41) is 12.4. The van der Waals surface area contributed by atoms with Gasteiger partial charge >= 0.3 is 5.97 Å². The van der Waals surface area contributed by atoms with Crippen LogP contribution in [-0.4, -0.2) is 33.5 Å². The fourth-order valence-corrected chi connectivity index (χ4v) is 0.849. The minimum absolute atomic E-state index is 0.0509. The van der Waals surface area contributed by atoms with Crippen LogP contribution in [0.3, 0.4) is 0 Å². The van der Waals surface area contributed by atoms with Crippen LogP contribution in [0.15, 0.2) is 12.4 Å². The number of nitrogens with zero attached hydrogens (tertiary/aromatic N) is 2. The molecular weight excluding hydrogens is 186 g/mol. The Bertz CT molecular complexity index is 311. The number of carboxylic acids is 1. The third-order valence-electron chi connectivity index (χ3n) is 1.68. The monoisotopic (exact) mass is 199 g/mol. The number of hydrogen-bond acceptors (Lipinski definition) is 4. The van der Waals surface area contributed by atoms with Crippen LogP contribution in [-0.2, 0) is 11.3 Å². The van der Waals surface area contributed by atoms with Crippen LogP contribution < -0.4 is 10.5 Å². The van der Waals surface area contributed by atoms with Crippen molar-refractivity contribution < 1.29 is 14.6 Å². The van der Waals surface area contributed by atoms with Crippen molar-refractivity contribution in [2.75, 3.05) is 6.61 Å². The van der Waals surface area contributed by atoms with Gasteiger partial charge < -0.3 is 15.6 Å². The van der Waals surface area contributed by atoms with Gasteiger partial charge in [0.05, 0.1) is 12.4 Å². The second kappa shape index (κ2) is 4.61. The molecule has 6 heteroatoms. The van der Waals surface area contributed by atoms with Gasteiger partial charge in [-0.1, -0.05) is 0 Å². The van der Waals surface area contributed by atoms with Crippen LogP contribution >= 0.6 is 0 Å². The zero-order chi connectivity index (χ0) is 10.6. The van der Waals surface area contributed by atoms with E-state index in [4.69, 9.17) is 15.6 Å². The maximum Gasteiger partial charge on any atom is 0.324 e. The molecule has 1 aromatic rings. The molecule has 0 radical (unpaired) electrons. The Balaban J connectivity index is 2.41. The smallest absolute Gasteiger partial charge is 0.324 e. The lowest BCUT2D eigenvalue weighted by Gasteiger charge is -2.06. The van der Waals surface area contributed by atoms with Crippen molar-refractivity contribution >= 4 is 5.97 Å². The van der Waals surface area contributed by atoms with Gasteiger partial charge in [0.15, 0.2) is 5.75 Å². The number of aliphatic carboxylic acids is 1. The van der Waals surface area contributed by atoms with Gasteiger partial charge in [-0.25, -0.2) is 0 Å². The van der Waals surface area contributed by atoms with Crippen LogP contribution in [0.1, 0.15) is 6.92 Å². The molecule has 3 N–H and O–H groups in total.